The molecule has 9 N–H and O–H groups in total. The van der Waals surface area contributed by atoms with Crippen molar-refractivity contribution in [3.05, 3.63) is 0 Å². The number of nitrogens with one attached hydrogen (secondary N) is 3. The first-order chi connectivity index (χ1) is 21.7. The number of hydrogen-bond donors (Lipinski definition) is 8. The highest BCUT2D eigenvalue weighted by molar-refractivity contribution is 7.04. The van der Waals surface area contributed by atoms with Gasteiger partial charge in [-0.2, -0.15) is 0 Å². The Labute approximate surface area is 294 Å². The fourth-order valence-electron chi connectivity index (χ4n) is 5.10. The van der Waals surface area contributed by atoms with Crippen LogP contribution >= 0.6 is 0 Å². The molecule has 0 spiro atoms. The average molecular weight is 767 g/mol. The van der Waals surface area contributed by atoms with Crippen molar-refractivity contribution < 1.29 is 53.9 Å². The van der Waals surface area contributed by atoms with Crippen molar-refractivity contribution in [3.63, 3.8) is 0 Å². The second kappa shape index (κ2) is 16.8. The largest absolute Gasteiger partial charge is 0.479 e. The first-order valence-corrected chi connectivity index (χ1v) is 30.6. The van der Waals surface area contributed by atoms with Crippen molar-refractivity contribution >= 4 is 67.3 Å². The summed E-state index contributed by atoms with van der Waals surface area (Å²) in [6.07, 6.45) is -3.79. The van der Waals surface area contributed by atoms with E-state index in [-0.39, 0.29) is 6.42 Å². The second-order valence-corrected chi connectivity index (χ2v) is 38.5. The first-order valence-electron chi connectivity index (χ1n) is 16.3. The van der Waals surface area contributed by atoms with Gasteiger partial charge in [0.1, 0.15) is 49.6 Å². The summed E-state index contributed by atoms with van der Waals surface area (Å²) >= 11 is 0. The Kier molecular flexibility index (Phi) is 16.0. The van der Waals surface area contributed by atoms with E-state index in [9.17, 15) is 49.2 Å². The highest BCUT2D eigenvalue weighted by Gasteiger charge is 2.61. The van der Waals surface area contributed by atoms with Gasteiger partial charge in [0, 0.05) is 15.0 Å². The first kappa shape index (κ1) is 46.7. The summed E-state index contributed by atoms with van der Waals surface area (Å²) in [6, 6.07) is -2.57. The van der Waals surface area contributed by atoms with Crippen LogP contribution in [-0.4, -0.2) is 135 Å². The van der Waals surface area contributed by atoms with E-state index in [4.69, 9.17) is 10.5 Å². The van der Waals surface area contributed by atoms with Gasteiger partial charge in [-0.1, -0.05) is 84.6 Å². The van der Waals surface area contributed by atoms with Gasteiger partial charge >= 0.3 is 5.97 Å². The lowest BCUT2D eigenvalue weighted by atomic mass is 9.94. The predicted molar refractivity (Wildman–Crippen MR) is 197 cm³/mol. The van der Waals surface area contributed by atoms with E-state index in [1.165, 1.54) is 13.8 Å². The SMILES string of the molecule is CC(=O)N[C@@H](C(=O)[Si](C)(C)C)[C@@H](OCC(=O)NC(C)C(=O)NC(CC[Si](C)(C)C)(C(N)=O)C(=O)O)[C@](O)([C@H](O)C(O)[Si](C)(C)C)[Si](C)(C)C. The number of carboxylic acids is 1. The summed E-state index contributed by atoms with van der Waals surface area (Å²) in [5.41, 5.74) is 1.65. The number of hydrogen-bond acceptors (Lipinski definition) is 10. The monoisotopic (exact) mass is 766 g/mol. The van der Waals surface area contributed by atoms with Crippen LogP contribution in [0.3, 0.4) is 0 Å². The summed E-state index contributed by atoms with van der Waals surface area (Å²) in [4.78, 5) is 77.3. The number of amides is 4. The quantitative estimate of drug-likeness (QED) is 0.0613. The van der Waals surface area contributed by atoms with Crippen LogP contribution in [0.4, 0.5) is 0 Å². The lowest BCUT2D eigenvalue weighted by Gasteiger charge is -2.52. The Hall–Kier alpha value is -2.27. The van der Waals surface area contributed by atoms with E-state index in [1.54, 1.807) is 58.9 Å². The molecule has 0 aromatic heterocycles. The van der Waals surface area contributed by atoms with Crippen LogP contribution in [0.25, 0.3) is 0 Å². The lowest BCUT2D eigenvalue weighted by molar-refractivity contribution is -0.164. The van der Waals surface area contributed by atoms with E-state index in [0.717, 1.165) is 0 Å². The van der Waals surface area contributed by atoms with Crippen LogP contribution < -0.4 is 21.7 Å². The third-order valence-electron chi connectivity index (χ3n) is 8.49. The number of aliphatic hydroxyl groups excluding tert-OH is 2. The third-order valence-corrected chi connectivity index (χ3v) is 17.1. The molecule has 0 aliphatic rings. The number of rotatable bonds is 20. The summed E-state index contributed by atoms with van der Waals surface area (Å²) in [6.45, 7) is 23.0. The molecule has 0 bridgehead atoms. The molecule has 0 saturated carbocycles. The molecular formula is C30H62N4O11Si4. The molecule has 0 heterocycles. The van der Waals surface area contributed by atoms with Crippen LogP contribution in [0.15, 0.2) is 0 Å². The Morgan fingerprint density at radius 3 is 1.69 bits per heavy atom. The van der Waals surface area contributed by atoms with E-state index in [1.807, 2.05) is 19.6 Å². The van der Waals surface area contributed by atoms with Crippen LogP contribution in [0.2, 0.25) is 84.6 Å². The maximum atomic E-state index is 13.9. The molecule has 284 valence electrons. The van der Waals surface area contributed by atoms with Crippen molar-refractivity contribution in [3.8, 4) is 0 Å². The Balaban J connectivity index is 6.76. The third kappa shape index (κ3) is 12.5. The van der Waals surface area contributed by atoms with Gasteiger partial charge in [0.05, 0.1) is 21.9 Å². The van der Waals surface area contributed by atoms with Crippen LogP contribution in [-0.2, 0) is 33.5 Å². The molecule has 0 fully saturated rings. The summed E-state index contributed by atoms with van der Waals surface area (Å²) in [7, 11) is -10.3. The number of aliphatic hydroxyl groups is 3. The highest BCUT2D eigenvalue weighted by atomic mass is 28.3. The van der Waals surface area contributed by atoms with Gasteiger partial charge in [-0.05, 0) is 13.3 Å². The van der Waals surface area contributed by atoms with Gasteiger partial charge in [0.2, 0.25) is 23.3 Å². The summed E-state index contributed by atoms with van der Waals surface area (Å²) in [5, 5.41) is 49.7. The van der Waals surface area contributed by atoms with Crippen LogP contribution in [0, 0.1) is 0 Å². The maximum absolute atomic E-state index is 13.9. The Morgan fingerprint density at radius 2 is 1.35 bits per heavy atom. The molecule has 0 aliphatic carbocycles. The average Bonchev–Trinajstić information content (AvgIpc) is 2.90. The molecule has 0 saturated heterocycles. The fourth-order valence-corrected chi connectivity index (χ4v) is 10.9. The second-order valence-electron chi connectivity index (χ2n) is 17.3. The molecule has 49 heavy (non-hydrogen) atoms. The van der Waals surface area contributed by atoms with Crippen molar-refractivity contribution in [2.45, 2.75) is 146 Å². The number of carbonyl (C=O) groups is 6. The number of carbonyl (C=O) groups excluding carboxylic acids is 5. The molecule has 15 nitrogen and oxygen atoms in total. The molecule has 3 unspecified atom stereocenters. The Morgan fingerprint density at radius 1 is 0.857 bits per heavy atom. The zero-order valence-electron chi connectivity index (χ0n) is 31.7. The molecular weight excluding hydrogens is 705 g/mol. The van der Waals surface area contributed by atoms with Gasteiger partial charge in [-0.25, -0.2) is 4.79 Å². The minimum Gasteiger partial charge on any atom is -0.479 e. The van der Waals surface area contributed by atoms with E-state index in [0.29, 0.717) is 6.04 Å². The smallest absolute Gasteiger partial charge is 0.339 e. The predicted octanol–water partition coefficient (Wildman–Crippen LogP) is 0.188. The molecule has 0 rings (SSSR count). The van der Waals surface area contributed by atoms with E-state index >= 15 is 0 Å². The molecule has 19 heteroatoms. The zero-order valence-corrected chi connectivity index (χ0v) is 35.7. The summed E-state index contributed by atoms with van der Waals surface area (Å²) in [5.74, 6) is -5.49. The zero-order chi connectivity index (χ0) is 39.3. The molecule has 0 radical (unpaired) electrons. The van der Waals surface area contributed by atoms with Crippen molar-refractivity contribution in [2.24, 2.45) is 5.73 Å². The van der Waals surface area contributed by atoms with E-state index < -0.39 is 115 Å². The minimum atomic E-state index is -3.13. The molecule has 7 atom stereocenters. The molecule has 0 aromatic rings. The minimum absolute atomic E-state index is 0.249. The van der Waals surface area contributed by atoms with Gasteiger partial charge in [0.15, 0.2) is 0 Å². The topological polar surface area (TPSA) is 255 Å². The van der Waals surface area contributed by atoms with Crippen LogP contribution in [0.5, 0.6) is 0 Å². The fraction of sp³-hybridized carbons (Fsp3) is 0.800. The van der Waals surface area contributed by atoms with Crippen molar-refractivity contribution in [2.75, 3.05) is 6.61 Å². The Bertz CT molecular complexity index is 1230. The number of ether oxygens (including phenoxy) is 1. The van der Waals surface area contributed by atoms with E-state index in [2.05, 4.69) is 16.0 Å². The van der Waals surface area contributed by atoms with Crippen molar-refractivity contribution in [1.29, 1.82) is 0 Å². The van der Waals surface area contributed by atoms with Crippen molar-refractivity contribution in [1.82, 2.24) is 16.0 Å². The number of aliphatic carboxylic acids is 1. The number of nitrogens with two attached hydrogens (primary N) is 1. The van der Waals surface area contributed by atoms with Gasteiger partial charge < -0.3 is 51.6 Å². The maximum Gasteiger partial charge on any atom is 0.339 e. The van der Waals surface area contributed by atoms with Gasteiger partial charge in [-0.3, -0.25) is 19.2 Å². The number of primary amides is 1. The van der Waals surface area contributed by atoms with Crippen LogP contribution in [0.1, 0.15) is 20.3 Å². The van der Waals surface area contributed by atoms with Gasteiger partial charge in [0.25, 0.3) is 5.91 Å². The molecule has 0 aliphatic heterocycles. The number of carboxylic acid groups (broad SMARTS) is 1. The van der Waals surface area contributed by atoms with Gasteiger partial charge in [-0.15, -0.1) is 0 Å². The summed E-state index contributed by atoms with van der Waals surface area (Å²) < 4.78 is 6.00. The highest BCUT2D eigenvalue weighted by Crippen LogP contribution is 2.36. The lowest BCUT2D eigenvalue weighted by Crippen LogP contribution is -2.77. The normalized spacial score (nSPS) is 18.4. The standard InChI is InChI=1S/C30H62N4O11Si4/c1-18(24(38)34-29(27(31)41,28(42)43)15-16-46(3,4)5)32-20(36)17-45-23(21(33-19(2)35)25(39)47(6,7)8)30(44,49(12,13)14)22(37)26(40)48(9,10)11/h18,21-23,26,37,40,44H,15-17H2,1-14H3,(H2,31,41)(H,32,36)(H,33,35)(H,34,38)(H,42,43)/t18?,21-,22-,23-,26?,29?,30+/m1/s1. The molecule has 4 amide bonds. The molecule has 0 aromatic carbocycles.